The zero-order valence-corrected chi connectivity index (χ0v) is 15.4. The molecular formula is C18H24F3N3O3. The number of benzene rings is 1. The number of ether oxygens (including phenoxy) is 1. The zero-order valence-electron chi connectivity index (χ0n) is 15.4. The highest BCUT2D eigenvalue weighted by Gasteiger charge is 2.42. The average Bonchev–Trinajstić information content (AvgIpc) is 2.65. The molecule has 0 bridgehead atoms. The number of halogens is 3. The predicted molar refractivity (Wildman–Crippen MR) is 94.1 cm³/mol. The highest BCUT2D eigenvalue weighted by molar-refractivity contribution is 5.97. The van der Waals surface area contributed by atoms with Crippen LogP contribution in [0.15, 0.2) is 24.3 Å². The van der Waals surface area contributed by atoms with Crippen LogP contribution in [0.3, 0.4) is 0 Å². The van der Waals surface area contributed by atoms with Gasteiger partial charge in [0.2, 0.25) is 0 Å². The maximum atomic E-state index is 12.7. The van der Waals surface area contributed by atoms with Crippen molar-refractivity contribution in [2.45, 2.75) is 38.1 Å². The Morgan fingerprint density at radius 3 is 2.52 bits per heavy atom. The lowest BCUT2D eigenvalue weighted by Crippen LogP contribution is -2.51. The highest BCUT2D eigenvalue weighted by atomic mass is 19.4. The number of rotatable bonds is 6. The van der Waals surface area contributed by atoms with E-state index < -0.39 is 17.7 Å². The first kappa shape index (κ1) is 21.2. The van der Waals surface area contributed by atoms with E-state index in [0.29, 0.717) is 42.1 Å². The van der Waals surface area contributed by atoms with Gasteiger partial charge in [0.25, 0.3) is 5.91 Å². The van der Waals surface area contributed by atoms with Gasteiger partial charge in [-0.05, 0) is 50.6 Å². The Morgan fingerprint density at radius 1 is 1.30 bits per heavy atom. The van der Waals surface area contributed by atoms with E-state index in [1.54, 1.807) is 24.3 Å². The monoisotopic (exact) mass is 387 g/mol. The van der Waals surface area contributed by atoms with Crippen molar-refractivity contribution in [2.24, 2.45) is 0 Å². The van der Waals surface area contributed by atoms with Crippen molar-refractivity contribution < 1.29 is 27.5 Å². The Kier molecular flexibility index (Phi) is 6.83. The quantitative estimate of drug-likeness (QED) is 0.786. The number of nitrogens with zero attached hydrogens (tertiary/aromatic N) is 1. The van der Waals surface area contributed by atoms with Gasteiger partial charge in [0.1, 0.15) is 5.60 Å². The largest absolute Gasteiger partial charge is 0.471 e. The molecule has 0 spiro atoms. The van der Waals surface area contributed by atoms with E-state index in [1.165, 1.54) is 14.0 Å². The molecule has 1 aliphatic rings. The number of hydrogen-bond acceptors (Lipinski definition) is 4. The second-order valence-electron chi connectivity index (χ2n) is 6.42. The summed E-state index contributed by atoms with van der Waals surface area (Å²) < 4.78 is 43.4. The number of methoxy groups -OCH3 is 1. The normalized spacial score (nSPS) is 16.6. The molecule has 0 atom stereocenters. The summed E-state index contributed by atoms with van der Waals surface area (Å²) in [4.78, 5) is 24.8. The molecule has 6 nitrogen and oxygen atoms in total. The molecule has 0 saturated carbocycles. The molecule has 1 fully saturated rings. The van der Waals surface area contributed by atoms with Crippen molar-refractivity contribution in [2.75, 3.05) is 32.1 Å². The Labute approximate surface area is 156 Å². The van der Waals surface area contributed by atoms with Crippen LogP contribution in [0.25, 0.3) is 0 Å². The van der Waals surface area contributed by atoms with Crippen LogP contribution in [-0.2, 0) is 20.9 Å². The first-order valence-corrected chi connectivity index (χ1v) is 8.74. The van der Waals surface area contributed by atoms with Crippen LogP contribution in [0.2, 0.25) is 0 Å². The molecule has 1 aromatic carbocycles. The number of hydrogen-bond donors (Lipinski definition) is 2. The van der Waals surface area contributed by atoms with E-state index in [4.69, 9.17) is 4.74 Å². The topological polar surface area (TPSA) is 70.7 Å². The molecule has 2 rings (SSSR count). The van der Waals surface area contributed by atoms with Gasteiger partial charge in [0.05, 0.1) is 0 Å². The predicted octanol–water partition coefficient (Wildman–Crippen LogP) is 2.30. The van der Waals surface area contributed by atoms with Crippen LogP contribution in [0.5, 0.6) is 0 Å². The number of anilines is 1. The summed E-state index contributed by atoms with van der Waals surface area (Å²) in [6, 6.07) is 6.44. The fraction of sp³-hybridized carbons (Fsp3) is 0.556. The molecule has 0 aromatic heterocycles. The number of carbonyl (C=O) groups excluding carboxylic acids is 2. The van der Waals surface area contributed by atoms with E-state index in [0.717, 1.165) is 0 Å². The number of nitrogens with one attached hydrogen (secondary N) is 2. The smallest absolute Gasteiger partial charge is 0.368 e. The van der Waals surface area contributed by atoms with Gasteiger partial charge in [-0.15, -0.1) is 0 Å². The summed E-state index contributed by atoms with van der Waals surface area (Å²) >= 11 is 0. The standard InChI is InChI=1S/C18H24F3N3O3/c1-3-24(16(26)18(19,20)21)12-13-5-4-6-14(11-13)23-15(25)17(27-2)7-9-22-10-8-17/h4-6,11,22H,3,7-10,12H2,1-2H3,(H,23,25). The molecule has 27 heavy (non-hydrogen) atoms. The summed E-state index contributed by atoms with van der Waals surface area (Å²) in [5.41, 5.74) is 0.00941. The third-order valence-electron chi connectivity index (χ3n) is 4.69. The van der Waals surface area contributed by atoms with E-state index in [9.17, 15) is 22.8 Å². The van der Waals surface area contributed by atoms with Gasteiger partial charge >= 0.3 is 12.1 Å². The van der Waals surface area contributed by atoms with Gasteiger partial charge in [0, 0.05) is 25.9 Å². The van der Waals surface area contributed by atoms with E-state index in [2.05, 4.69) is 10.6 Å². The van der Waals surface area contributed by atoms with Crippen LogP contribution in [0.4, 0.5) is 18.9 Å². The second-order valence-corrected chi connectivity index (χ2v) is 6.42. The Morgan fingerprint density at radius 2 is 1.96 bits per heavy atom. The van der Waals surface area contributed by atoms with Crippen LogP contribution in [-0.4, -0.2) is 55.2 Å². The van der Waals surface area contributed by atoms with E-state index in [-0.39, 0.29) is 19.0 Å². The lowest BCUT2D eigenvalue weighted by atomic mass is 9.91. The highest BCUT2D eigenvalue weighted by Crippen LogP contribution is 2.25. The molecule has 2 N–H and O–H groups in total. The van der Waals surface area contributed by atoms with Crippen molar-refractivity contribution in [3.8, 4) is 0 Å². The molecule has 1 heterocycles. The minimum Gasteiger partial charge on any atom is -0.368 e. The van der Waals surface area contributed by atoms with Crippen LogP contribution in [0.1, 0.15) is 25.3 Å². The average molecular weight is 387 g/mol. The van der Waals surface area contributed by atoms with Crippen LogP contribution < -0.4 is 10.6 Å². The van der Waals surface area contributed by atoms with Crippen molar-refractivity contribution in [3.63, 3.8) is 0 Å². The first-order chi connectivity index (χ1) is 12.7. The summed E-state index contributed by atoms with van der Waals surface area (Å²) in [5.74, 6) is -2.17. The summed E-state index contributed by atoms with van der Waals surface area (Å²) in [7, 11) is 1.49. The fourth-order valence-corrected chi connectivity index (χ4v) is 3.07. The maximum Gasteiger partial charge on any atom is 0.471 e. The van der Waals surface area contributed by atoms with Gasteiger partial charge in [-0.1, -0.05) is 12.1 Å². The van der Waals surface area contributed by atoms with Gasteiger partial charge in [-0.25, -0.2) is 0 Å². The molecule has 150 valence electrons. The fourth-order valence-electron chi connectivity index (χ4n) is 3.07. The summed E-state index contributed by atoms with van der Waals surface area (Å²) in [5, 5.41) is 5.94. The van der Waals surface area contributed by atoms with Gasteiger partial charge in [-0.3, -0.25) is 9.59 Å². The number of amides is 2. The van der Waals surface area contributed by atoms with Gasteiger partial charge < -0.3 is 20.3 Å². The second kappa shape index (κ2) is 8.71. The van der Waals surface area contributed by atoms with Crippen molar-refractivity contribution >= 4 is 17.5 Å². The zero-order chi connectivity index (χ0) is 20.1. The molecular weight excluding hydrogens is 363 g/mol. The first-order valence-electron chi connectivity index (χ1n) is 8.74. The lowest BCUT2D eigenvalue weighted by Gasteiger charge is -2.34. The SMILES string of the molecule is CCN(Cc1cccc(NC(=O)C2(OC)CCNCC2)c1)C(=O)C(F)(F)F. The number of piperidine rings is 1. The van der Waals surface area contributed by atoms with Crippen LogP contribution >= 0.6 is 0 Å². The summed E-state index contributed by atoms with van der Waals surface area (Å²) in [6.07, 6.45) is -3.86. The van der Waals surface area contributed by atoms with E-state index in [1.807, 2.05) is 0 Å². The summed E-state index contributed by atoms with van der Waals surface area (Å²) in [6.45, 7) is 2.53. The maximum absolute atomic E-state index is 12.7. The molecule has 0 aliphatic carbocycles. The molecule has 1 aliphatic heterocycles. The Hall–Kier alpha value is -2.13. The van der Waals surface area contributed by atoms with E-state index >= 15 is 0 Å². The third-order valence-corrected chi connectivity index (χ3v) is 4.69. The Balaban J connectivity index is 2.10. The number of alkyl halides is 3. The Bertz CT molecular complexity index is 673. The molecule has 9 heteroatoms. The van der Waals surface area contributed by atoms with Crippen LogP contribution in [0, 0.1) is 0 Å². The lowest BCUT2D eigenvalue weighted by molar-refractivity contribution is -0.185. The minimum atomic E-state index is -4.91. The van der Waals surface area contributed by atoms with Crippen molar-refractivity contribution in [1.82, 2.24) is 10.2 Å². The van der Waals surface area contributed by atoms with Crippen molar-refractivity contribution in [3.05, 3.63) is 29.8 Å². The molecule has 0 unspecified atom stereocenters. The molecule has 0 radical (unpaired) electrons. The molecule has 1 saturated heterocycles. The molecule has 2 amide bonds. The number of carbonyl (C=O) groups is 2. The molecule has 1 aromatic rings. The van der Waals surface area contributed by atoms with Crippen molar-refractivity contribution in [1.29, 1.82) is 0 Å². The van der Waals surface area contributed by atoms with Gasteiger partial charge in [-0.2, -0.15) is 13.2 Å². The minimum absolute atomic E-state index is 0.0747. The third kappa shape index (κ3) is 5.20. The van der Waals surface area contributed by atoms with Gasteiger partial charge in [0.15, 0.2) is 0 Å².